The van der Waals surface area contributed by atoms with Crippen LogP contribution in [0, 0.1) is 0 Å². The molecule has 4 aliphatic heterocycles. The lowest BCUT2D eigenvalue weighted by atomic mass is 9.33. The fraction of sp³-hybridized carbons (Fsp3) is 0.0182. The Morgan fingerprint density at radius 3 is 0.983 bits per heavy atom. The minimum Gasteiger partial charge on any atom is -0.457 e. The molecule has 0 fully saturated rings. The number of hydrogen-bond donors (Lipinski definition) is 0. The van der Waals surface area contributed by atoms with Gasteiger partial charge in [-0.15, -0.1) is 0 Å². The summed E-state index contributed by atoms with van der Waals surface area (Å²) in [6.07, 6.45) is 0. The van der Waals surface area contributed by atoms with Crippen LogP contribution in [0.25, 0.3) is 93.7 Å². The van der Waals surface area contributed by atoms with Crippen LogP contribution in [-0.2, 0) is 10.8 Å². The smallest absolute Gasteiger partial charge is 0.252 e. The summed E-state index contributed by atoms with van der Waals surface area (Å²) in [7, 11) is 0. The van der Waals surface area contributed by atoms with Gasteiger partial charge in [0.1, 0.15) is 23.0 Å². The van der Waals surface area contributed by atoms with E-state index in [1.54, 1.807) is 0 Å². The van der Waals surface area contributed by atoms with Crippen molar-refractivity contribution in [1.82, 2.24) is 4.40 Å². The van der Waals surface area contributed by atoms with E-state index in [0.717, 1.165) is 174 Å². The number of nitrogens with zero attached hydrogens (tertiary/aromatic N) is 3. The van der Waals surface area contributed by atoms with Crippen LogP contribution in [0.5, 0.6) is 23.0 Å². The Morgan fingerprint density at radius 1 is 0.216 bits per heavy atom. The Morgan fingerprint density at radius 2 is 0.560 bits per heavy atom. The fourth-order valence-electron chi connectivity index (χ4n) is 20.4. The molecule has 18 aromatic carbocycles. The quantitative estimate of drug-likeness (QED) is 0.121. The van der Waals surface area contributed by atoms with Crippen LogP contribution in [0.4, 0.5) is 34.1 Å². The minimum absolute atomic E-state index is 0.460. The summed E-state index contributed by atoms with van der Waals surface area (Å²) < 4.78 is 18.0. The molecule has 0 saturated heterocycles. The van der Waals surface area contributed by atoms with Gasteiger partial charge in [0.25, 0.3) is 6.71 Å². The van der Waals surface area contributed by atoms with Gasteiger partial charge in [-0.1, -0.05) is 334 Å². The van der Waals surface area contributed by atoms with Gasteiger partial charge in [-0.05, 0) is 173 Å². The molecule has 6 heterocycles. The summed E-state index contributed by atoms with van der Waals surface area (Å²) in [5.41, 5.74) is 31.2. The van der Waals surface area contributed by atoms with Crippen LogP contribution in [0.15, 0.2) is 425 Å². The van der Waals surface area contributed by atoms with Crippen molar-refractivity contribution in [2.24, 2.45) is 0 Å². The Kier molecular flexibility index (Phi) is 14.6. The average Bonchev–Trinajstić information content (AvgIpc) is 0.750. The van der Waals surface area contributed by atoms with Crippen LogP contribution in [0.3, 0.4) is 0 Å². The topological polar surface area (TPSA) is 29.4 Å². The number of anilines is 6. The summed E-state index contributed by atoms with van der Waals surface area (Å²) in [6, 6.07) is 158. The zero-order valence-electron chi connectivity index (χ0n) is 63.2. The molecule has 0 aliphatic carbocycles. The molecule has 0 unspecified atom stereocenters. The van der Waals surface area contributed by atoms with Crippen LogP contribution in [0.1, 0.15) is 44.5 Å². The first-order chi connectivity index (χ1) is 57.5. The maximum absolute atomic E-state index is 7.73. The molecule has 0 radical (unpaired) electrons. The molecule has 0 bridgehead atoms. The second-order valence-electron chi connectivity index (χ2n) is 31.3. The van der Waals surface area contributed by atoms with E-state index in [1.165, 1.54) is 38.1 Å². The van der Waals surface area contributed by atoms with E-state index in [2.05, 4.69) is 439 Å². The van der Waals surface area contributed by atoms with Gasteiger partial charge < -0.3 is 23.7 Å². The average molecular weight is 1480 g/mol. The number of ether oxygens (including phenoxy) is 2. The first-order valence-corrected chi connectivity index (χ1v) is 40.1. The number of para-hydroxylation sites is 4. The normalized spacial score (nSPS) is 13.7. The van der Waals surface area contributed by atoms with Crippen molar-refractivity contribution in [3.8, 4) is 78.6 Å². The SMILES string of the molecule is c1ccc(-c2cc(-c3ccccc3)cc(N3c4cc5c(cc4B4c6cc7c(cc6N(c6cc(-c8ccccc8)cc(-c8ccccc8)c6)c6cc(-c8ccc9c(c8)c8cccc%10c%11ccccc%11n9c%108)cc3c64)Oc3ccccc3C7(c3ccccc3)c3ccccc3)C(c3ccccc3)(c3ccccc3)c3ccccc3O5)c2)cc1. The number of rotatable bonds is 11. The van der Waals surface area contributed by atoms with Gasteiger partial charge >= 0.3 is 0 Å². The second kappa shape index (κ2) is 25.8. The third kappa shape index (κ3) is 9.71. The number of benzene rings is 18. The van der Waals surface area contributed by atoms with Gasteiger partial charge in [-0.25, -0.2) is 0 Å². The van der Waals surface area contributed by atoms with E-state index < -0.39 is 17.5 Å². The van der Waals surface area contributed by atoms with Gasteiger partial charge in [0.05, 0.1) is 27.4 Å². The summed E-state index contributed by atoms with van der Waals surface area (Å²) >= 11 is 0. The summed E-state index contributed by atoms with van der Waals surface area (Å²) in [5, 5.41) is 4.93. The molecule has 5 nitrogen and oxygen atoms in total. The second-order valence-corrected chi connectivity index (χ2v) is 31.3. The molecular weight excluding hydrogens is 1410 g/mol. The van der Waals surface area contributed by atoms with E-state index >= 15 is 0 Å². The molecule has 0 amide bonds. The van der Waals surface area contributed by atoms with Gasteiger partial charge in [0.2, 0.25) is 0 Å². The molecule has 0 saturated carbocycles. The molecule has 0 atom stereocenters. The maximum Gasteiger partial charge on any atom is 0.252 e. The van der Waals surface area contributed by atoms with Crippen molar-refractivity contribution in [1.29, 1.82) is 0 Å². The summed E-state index contributed by atoms with van der Waals surface area (Å²) in [6.45, 7) is -0.460. The molecule has 116 heavy (non-hydrogen) atoms. The van der Waals surface area contributed by atoms with Crippen molar-refractivity contribution in [2.45, 2.75) is 10.8 Å². The number of hydrogen-bond acceptors (Lipinski definition) is 4. The Bertz CT molecular complexity index is 6780. The van der Waals surface area contributed by atoms with E-state index in [-0.39, 0.29) is 0 Å². The van der Waals surface area contributed by atoms with Crippen molar-refractivity contribution < 1.29 is 9.47 Å². The van der Waals surface area contributed by atoms with Crippen LogP contribution in [-0.4, -0.2) is 11.1 Å². The Balaban J connectivity index is 0.888. The van der Waals surface area contributed by atoms with Crippen LogP contribution < -0.4 is 35.7 Å². The monoisotopic (exact) mass is 1480 g/mol. The molecule has 2 aromatic heterocycles. The standard InChI is InChI=1S/C110H70BN3O2/c1-9-32-71(33-10-1)76-58-77(72-34-11-2-12-35-72)61-85(60-76)112-99-69-105-93(109(81-40-17-5-18-41-81,82-42-19-6-20-43-82)91-51-26-29-54-103(91)115-105)67-95(99)111-96-68-94-106(116-104-55-30-27-52-92(104)110(94,83-44-21-7-22-45-83)84-46-23-8-24-47-84)70-100(96)113(86-62-78(73-36-13-3-14-37-73)59-79(63-86)74-38-15-4-16-39-74)102-66-80(65-101(112)107(102)111)75-56-57-98-90(64-75)89-50-31-49-88-87-48-25-28-53-97(87)114(98)108(88)89/h1-70H. The predicted octanol–water partition coefficient (Wildman–Crippen LogP) is 26.2. The molecule has 4 aliphatic rings. The van der Waals surface area contributed by atoms with Crippen LogP contribution >= 0.6 is 0 Å². The number of aromatic nitrogens is 1. The summed E-state index contributed by atoms with van der Waals surface area (Å²) in [5.74, 6) is 3.16. The van der Waals surface area contributed by atoms with E-state index in [9.17, 15) is 0 Å². The first kappa shape index (κ1) is 65.7. The highest BCUT2D eigenvalue weighted by molar-refractivity contribution is 7.00. The highest BCUT2D eigenvalue weighted by Crippen LogP contribution is 2.61. The first-order valence-electron chi connectivity index (χ1n) is 40.1. The molecule has 24 rings (SSSR count). The van der Waals surface area contributed by atoms with Crippen molar-refractivity contribution >= 4 is 95.3 Å². The fourth-order valence-corrected chi connectivity index (χ4v) is 20.4. The number of fused-ring (bicyclic) bond motifs is 14. The maximum atomic E-state index is 7.73. The lowest BCUT2D eigenvalue weighted by Gasteiger charge is -2.48. The summed E-state index contributed by atoms with van der Waals surface area (Å²) in [4.78, 5) is 5.23. The molecule has 540 valence electrons. The van der Waals surface area contributed by atoms with Crippen LogP contribution in [0.2, 0.25) is 0 Å². The highest BCUT2D eigenvalue weighted by atomic mass is 16.5. The predicted molar refractivity (Wildman–Crippen MR) is 479 cm³/mol. The van der Waals surface area contributed by atoms with E-state index in [4.69, 9.17) is 9.47 Å². The zero-order valence-corrected chi connectivity index (χ0v) is 63.2. The van der Waals surface area contributed by atoms with Gasteiger partial charge in [-0.2, -0.15) is 0 Å². The largest absolute Gasteiger partial charge is 0.457 e. The van der Waals surface area contributed by atoms with E-state index in [1.807, 2.05) is 0 Å². The van der Waals surface area contributed by atoms with Crippen molar-refractivity contribution in [3.05, 3.63) is 469 Å². The Hall–Kier alpha value is -15.0. The molecular formula is C110H70BN3O2. The van der Waals surface area contributed by atoms with Crippen molar-refractivity contribution in [2.75, 3.05) is 9.80 Å². The third-order valence-electron chi connectivity index (χ3n) is 25.3. The molecule has 0 spiro atoms. The molecule has 20 aromatic rings. The zero-order chi connectivity index (χ0) is 76.2. The van der Waals surface area contributed by atoms with Crippen molar-refractivity contribution in [3.63, 3.8) is 0 Å². The molecule has 6 heteroatoms. The van der Waals surface area contributed by atoms with Gasteiger partial charge in [-0.3, -0.25) is 0 Å². The van der Waals surface area contributed by atoms with E-state index in [0.29, 0.717) is 0 Å². The van der Waals surface area contributed by atoms with Gasteiger partial charge in [0.15, 0.2) is 0 Å². The Labute approximate surface area is 673 Å². The highest BCUT2D eigenvalue weighted by Gasteiger charge is 2.53. The molecule has 0 N–H and O–H groups in total. The lowest BCUT2D eigenvalue weighted by Crippen LogP contribution is -2.62. The minimum atomic E-state index is -0.878. The van der Waals surface area contributed by atoms with Gasteiger partial charge in [0, 0.05) is 90.1 Å². The lowest BCUT2D eigenvalue weighted by molar-refractivity contribution is 0.435. The third-order valence-corrected chi connectivity index (χ3v) is 25.3.